The van der Waals surface area contributed by atoms with E-state index in [-0.39, 0.29) is 17.9 Å². The maximum Gasteiger partial charge on any atom is 0.307 e. The number of carboxylic acid groups (broad SMARTS) is 1. The van der Waals surface area contributed by atoms with Gasteiger partial charge in [0.25, 0.3) is 5.91 Å². The number of fused-ring (bicyclic) bond motifs is 1. The Balaban J connectivity index is 1.94. The number of rotatable bonds is 10. The van der Waals surface area contributed by atoms with Gasteiger partial charge in [-0.15, -0.1) is 0 Å². The molecule has 0 unspecified atom stereocenters. The minimum atomic E-state index is -0.786. The minimum absolute atomic E-state index is 0.00826. The van der Waals surface area contributed by atoms with E-state index in [4.69, 9.17) is 4.74 Å². The average Bonchev–Trinajstić information content (AvgIpc) is 3.12. The van der Waals surface area contributed by atoms with Crippen LogP contribution in [-0.4, -0.2) is 77.8 Å². The van der Waals surface area contributed by atoms with E-state index in [1.165, 1.54) is 0 Å². The number of piperidine rings is 1. The Morgan fingerprint density at radius 2 is 1.97 bits per heavy atom. The highest BCUT2D eigenvalue weighted by atomic mass is 16.5. The molecule has 1 aliphatic heterocycles. The highest BCUT2D eigenvalue weighted by molar-refractivity contribution is 5.99. The Morgan fingerprint density at radius 1 is 1.22 bits per heavy atom. The van der Waals surface area contributed by atoms with Gasteiger partial charge in [0, 0.05) is 56.8 Å². The van der Waals surface area contributed by atoms with Gasteiger partial charge in [-0.05, 0) is 44.4 Å². The number of nitrogens with zero attached hydrogens (tertiary/aromatic N) is 3. The van der Waals surface area contributed by atoms with E-state index in [0.29, 0.717) is 38.4 Å². The Morgan fingerprint density at radius 3 is 2.66 bits per heavy atom. The number of carboxylic acids is 1. The molecule has 0 spiro atoms. The third-order valence-electron chi connectivity index (χ3n) is 6.23. The zero-order valence-corrected chi connectivity index (χ0v) is 19.8. The minimum Gasteiger partial charge on any atom is -0.481 e. The molecule has 0 bridgehead atoms. The molecule has 32 heavy (non-hydrogen) atoms. The first-order valence-corrected chi connectivity index (χ1v) is 11.6. The van der Waals surface area contributed by atoms with Crippen LogP contribution in [0.25, 0.3) is 10.9 Å². The molecule has 1 N–H and O–H groups in total. The van der Waals surface area contributed by atoms with Crippen molar-refractivity contribution in [1.82, 2.24) is 14.4 Å². The van der Waals surface area contributed by atoms with Gasteiger partial charge in [-0.3, -0.25) is 9.59 Å². The number of likely N-dealkylation sites (N-methyl/N-ethyl adjacent to an activating group) is 1. The van der Waals surface area contributed by atoms with Crippen LogP contribution in [0.5, 0.6) is 0 Å². The molecular formula is C25H37N3O4. The van der Waals surface area contributed by atoms with Crippen LogP contribution in [0.2, 0.25) is 0 Å². The number of benzene rings is 1. The number of methoxy groups -OCH3 is 1. The predicted octanol–water partition coefficient (Wildman–Crippen LogP) is 3.57. The summed E-state index contributed by atoms with van der Waals surface area (Å²) in [5.41, 5.74) is 1.74. The lowest BCUT2D eigenvalue weighted by molar-refractivity contribution is -0.144. The van der Waals surface area contributed by atoms with Crippen molar-refractivity contribution in [1.29, 1.82) is 0 Å². The van der Waals surface area contributed by atoms with Gasteiger partial charge in [-0.2, -0.15) is 0 Å². The van der Waals surface area contributed by atoms with Gasteiger partial charge in [0.2, 0.25) is 0 Å². The lowest BCUT2D eigenvalue weighted by Gasteiger charge is -2.41. The molecule has 0 aliphatic carbocycles. The van der Waals surface area contributed by atoms with Crippen molar-refractivity contribution in [2.24, 2.45) is 11.8 Å². The van der Waals surface area contributed by atoms with Crippen molar-refractivity contribution in [3.05, 3.63) is 36.0 Å². The first-order chi connectivity index (χ1) is 15.3. The number of carbonyl (C=O) groups excluding carboxylic acids is 1. The van der Waals surface area contributed by atoms with Crippen LogP contribution in [0, 0.1) is 11.8 Å². The van der Waals surface area contributed by atoms with E-state index in [9.17, 15) is 14.7 Å². The van der Waals surface area contributed by atoms with Crippen molar-refractivity contribution < 1.29 is 19.4 Å². The van der Waals surface area contributed by atoms with E-state index in [2.05, 4.69) is 24.5 Å². The van der Waals surface area contributed by atoms with E-state index in [0.717, 1.165) is 30.3 Å². The van der Waals surface area contributed by atoms with E-state index >= 15 is 0 Å². The van der Waals surface area contributed by atoms with Crippen LogP contribution in [-0.2, 0) is 16.1 Å². The molecule has 2 heterocycles. The van der Waals surface area contributed by atoms with E-state index in [1.54, 1.807) is 7.11 Å². The second-order valence-electron chi connectivity index (χ2n) is 9.44. The number of unbranched alkanes of at least 4 members (excludes halogenated alkanes) is 1. The van der Waals surface area contributed by atoms with E-state index in [1.807, 2.05) is 41.1 Å². The smallest absolute Gasteiger partial charge is 0.307 e. The number of aryl methyl sites for hydroxylation is 1. The Kier molecular flexibility index (Phi) is 8.32. The van der Waals surface area contributed by atoms with Crippen LogP contribution >= 0.6 is 0 Å². The number of ether oxygens (including phenoxy) is 1. The molecule has 0 saturated carbocycles. The molecule has 7 heteroatoms. The molecular weight excluding hydrogens is 406 g/mol. The molecule has 1 amide bonds. The molecule has 1 aromatic heterocycles. The van der Waals surface area contributed by atoms with Crippen molar-refractivity contribution in [3.8, 4) is 0 Å². The summed E-state index contributed by atoms with van der Waals surface area (Å²) in [7, 11) is 3.64. The highest BCUT2D eigenvalue weighted by Crippen LogP contribution is 2.26. The third kappa shape index (κ3) is 5.70. The summed E-state index contributed by atoms with van der Waals surface area (Å²) in [6.45, 7) is 7.47. The summed E-state index contributed by atoms with van der Waals surface area (Å²) in [4.78, 5) is 29.6. The number of para-hydroxylation sites is 1. The maximum absolute atomic E-state index is 14.0. The van der Waals surface area contributed by atoms with Crippen LogP contribution in [0.3, 0.4) is 0 Å². The van der Waals surface area contributed by atoms with Gasteiger partial charge in [0.15, 0.2) is 0 Å². The fourth-order valence-electron chi connectivity index (χ4n) is 4.78. The summed E-state index contributed by atoms with van der Waals surface area (Å²) >= 11 is 0. The van der Waals surface area contributed by atoms with E-state index < -0.39 is 11.9 Å². The molecule has 1 saturated heterocycles. The SMILES string of the molecule is COCCCCn1c(C(=O)N(CC(C)C)[C@H]2C[C@@H](C(=O)O)CN(C)C2)cc2ccccc21. The van der Waals surface area contributed by atoms with Crippen LogP contribution in [0.15, 0.2) is 30.3 Å². The molecule has 0 radical (unpaired) electrons. The van der Waals surface area contributed by atoms with Crippen LogP contribution < -0.4 is 0 Å². The number of likely N-dealkylation sites (tertiary alicyclic amines) is 1. The van der Waals surface area contributed by atoms with Crippen molar-refractivity contribution in [2.75, 3.05) is 40.4 Å². The lowest BCUT2D eigenvalue weighted by atomic mass is 9.93. The summed E-state index contributed by atoms with van der Waals surface area (Å²) in [5.74, 6) is -0.966. The first-order valence-electron chi connectivity index (χ1n) is 11.6. The largest absolute Gasteiger partial charge is 0.481 e. The number of amides is 1. The summed E-state index contributed by atoms with van der Waals surface area (Å²) in [5, 5.41) is 10.7. The number of hydrogen-bond acceptors (Lipinski definition) is 4. The molecule has 7 nitrogen and oxygen atoms in total. The molecule has 1 aliphatic rings. The van der Waals surface area contributed by atoms with Gasteiger partial charge in [-0.25, -0.2) is 0 Å². The summed E-state index contributed by atoms with van der Waals surface area (Å²) in [6.07, 6.45) is 2.34. The van der Waals surface area contributed by atoms with Gasteiger partial charge >= 0.3 is 5.97 Å². The average molecular weight is 444 g/mol. The fraction of sp³-hybridized carbons (Fsp3) is 0.600. The number of aliphatic carboxylic acids is 1. The Bertz CT molecular complexity index is 923. The van der Waals surface area contributed by atoms with Crippen molar-refractivity contribution >= 4 is 22.8 Å². The Hall–Kier alpha value is -2.38. The van der Waals surface area contributed by atoms with Gasteiger partial charge in [0.1, 0.15) is 5.69 Å². The Labute approximate surface area is 190 Å². The first kappa shape index (κ1) is 24.3. The zero-order valence-electron chi connectivity index (χ0n) is 19.8. The predicted molar refractivity (Wildman–Crippen MR) is 126 cm³/mol. The number of hydrogen-bond donors (Lipinski definition) is 1. The second-order valence-corrected chi connectivity index (χ2v) is 9.44. The zero-order chi connectivity index (χ0) is 23.3. The monoisotopic (exact) mass is 443 g/mol. The number of aromatic nitrogens is 1. The topological polar surface area (TPSA) is 75.0 Å². The van der Waals surface area contributed by atoms with Gasteiger partial charge < -0.3 is 24.2 Å². The molecule has 3 rings (SSSR count). The quantitative estimate of drug-likeness (QED) is 0.568. The highest BCUT2D eigenvalue weighted by Gasteiger charge is 2.36. The van der Waals surface area contributed by atoms with Crippen molar-refractivity contribution in [3.63, 3.8) is 0 Å². The molecule has 2 atom stereocenters. The normalized spacial score (nSPS) is 19.5. The van der Waals surface area contributed by atoms with Gasteiger partial charge in [-0.1, -0.05) is 32.0 Å². The van der Waals surface area contributed by atoms with Crippen molar-refractivity contribution in [2.45, 2.75) is 45.7 Å². The summed E-state index contributed by atoms with van der Waals surface area (Å²) < 4.78 is 7.32. The summed E-state index contributed by atoms with van der Waals surface area (Å²) in [6, 6.07) is 9.96. The second kappa shape index (κ2) is 11.0. The van der Waals surface area contributed by atoms with Crippen LogP contribution in [0.4, 0.5) is 0 Å². The maximum atomic E-state index is 14.0. The standard InChI is InChI=1S/C25H37N3O4/c1-18(2)15-28(21-13-20(25(30)31)16-26(3)17-21)24(29)23-14-19-9-5-6-10-22(19)27(23)11-7-8-12-32-4/h5-6,9-10,14,18,20-21H,7-8,11-13,15-17H2,1-4H3,(H,30,31)/t20-,21+/m1/s1. The molecule has 1 fully saturated rings. The molecule has 1 aromatic carbocycles. The number of carbonyl (C=O) groups is 2. The van der Waals surface area contributed by atoms with Crippen LogP contribution in [0.1, 0.15) is 43.6 Å². The lowest BCUT2D eigenvalue weighted by Crippen LogP contribution is -2.54. The fourth-order valence-corrected chi connectivity index (χ4v) is 4.78. The van der Waals surface area contributed by atoms with Gasteiger partial charge in [0.05, 0.1) is 5.92 Å². The third-order valence-corrected chi connectivity index (χ3v) is 6.23. The molecule has 2 aromatic rings. The molecule has 176 valence electrons.